The molecule has 0 atom stereocenters. The number of amides is 1. The molecule has 2 aromatic carbocycles. The average Bonchev–Trinajstić information content (AvgIpc) is 2.48. The van der Waals surface area contributed by atoms with Crippen molar-refractivity contribution in [2.75, 3.05) is 30.9 Å². The third-order valence-corrected chi connectivity index (χ3v) is 3.28. The predicted octanol–water partition coefficient (Wildman–Crippen LogP) is 2.51. The van der Waals surface area contributed by atoms with Gasteiger partial charge in [0.1, 0.15) is 0 Å². The van der Waals surface area contributed by atoms with E-state index < -0.39 is 0 Å². The molecule has 0 radical (unpaired) electrons. The van der Waals surface area contributed by atoms with Crippen molar-refractivity contribution in [1.82, 2.24) is 0 Å². The van der Waals surface area contributed by atoms with Crippen LogP contribution in [0.3, 0.4) is 0 Å². The highest BCUT2D eigenvalue weighted by Gasteiger charge is 2.09. The van der Waals surface area contributed by atoms with Crippen LogP contribution >= 0.6 is 0 Å². The fraction of sp³-hybridized carbons (Fsp3) is 0.235. The normalized spacial score (nSPS) is 10.2. The maximum absolute atomic E-state index is 12.3. The molecule has 3 N–H and O–H groups in total. The summed E-state index contributed by atoms with van der Waals surface area (Å²) in [7, 11) is 3.90. The van der Waals surface area contributed by atoms with Crippen molar-refractivity contribution >= 4 is 17.3 Å². The van der Waals surface area contributed by atoms with E-state index in [4.69, 9.17) is 5.73 Å². The molecule has 0 spiro atoms. The first-order valence-electron chi connectivity index (χ1n) is 6.98. The summed E-state index contributed by atoms with van der Waals surface area (Å²) in [6.07, 6.45) is 0.825. The van der Waals surface area contributed by atoms with E-state index in [9.17, 15) is 4.79 Å². The van der Waals surface area contributed by atoms with E-state index >= 15 is 0 Å². The number of rotatable bonds is 5. The summed E-state index contributed by atoms with van der Waals surface area (Å²) < 4.78 is 0. The molecule has 0 bridgehead atoms. The average molecular weight is 283 g/mol. The van der Waals surface area contributed by atoms with Crippen LogP contribution in [0, 0.1) is 0 Å². The van der Waals surface area contributed by atoms with Crippen molar-refractivity contribution in [2.45, 2.75) is 6.42 Å². The summed E-state index contributed by atoms with van der Waals surface area (Å²) in [5.74, 6) is -0.108. The minimum absolute atomic E-state index is 0.108. The largest absolute Gasteiger partial charge is 0.376 e. The van der Waals surface area contributed by atoms with E-state index in [2.05, 4.69) is 5.32 Å². The number of benzene rings is 2. The molecule has 4 heteroatoms. The Labute approximate surface area is 125 Å². The number of hydrogen-bond acceptors (Lipinski definition) is 3. The summed E-state index contributed by atoms with van der Waals surface area (Å²) in [5, 5.41) is 2.95. The van der Waals surface area contributed by atoms with E-state index in [1.54, 1.807) is 0 Å². The molecule has 0 aliphatic rings. The lowest BCUT2D eigenvalue weighted by atomic mass is 10.1. The van der Waals surface area contributed by atoms with Crippen molar-refractivity contribution in [3.05, 3.63) is 59.7 Å². The second-order valence-corrected chi connectivity index (χ2v) is 5.10. The lowest BCUT2D eigenvalue weighted by molar-refractivity contribution is 0.102. The molecule has 0 aliphatic carbocycles. The van der Waals surface area contributed by atoms with Crippen LogP contribution in [0.5, 0.6) is 0 Å². The number of carbonyl (C=O) groups excluding carboxylic acids is 1. The molecule has 0 saturated carbocycles. The van der Waals surface area contributed by atoms with Gasteiger partial charge in [-0.05, 0) is 42.8 Å². The molecule has 1 amide bonds. The highest BCUT2D eigenvalue weighted by atomic mass is 16.1. The fourth-order valence-corrected chi connectivity index (χ4v) is 2.15. The molecule has 4 nitrogen and oxygen atoms in total. The quantitative estimate of drug-likeness (QED) is 0.886. The Bertz CT molecular complexity index is 606. The molecule has 0 fully saturated rings. The highest BCUT2D eigenvalue weighted by Crippen LogP contribution is 2.24. The van der Waals surface area contributed by atoms with Crippen LogP contribution in [0.25, 0.3) is 0 Å². The van der Waals surface area contributed by atoms with Gasteiger partial charge in [0.15, 0.2) is 0 Å². The van der Waals surface area contributed by atoms with E-state index in [1.807, 2.05) is 67.5 Å². The minimum Gasteiger partial charge on any atom is -0.376 e. The standard InChI is InChI=1S/C17H21N3O/c1-20(2)16-6-4-3-5-15(16)19-17(21)14-9-7-13(8-10-14)11-12-18/h3-10H,11-12,18H2,1-2H3,(H,19,21). The summed E-state index contributed by atoms with van der Waals surface area (Å²) in [6, 6.07) is 15.3. The first kappa shape index (κ1) is 15.1. The van der Waals surface area contributed by atoms with Crippen LogP contribution in [0.2, 0.25) is 0 Å². The molecule has 21 heavy (non-hydrogen) atoms. The van der Waals surface area contributed by atoms with E-state index in [-0.39, 0.29) is 5.91 Å². The zero-order valence-corrected chi connectivity index (χ0v) is 12.5. The van der Waals surface area contributed by atoms with Crippen molar-refractivity contribution in [3.8, 4) is 0 Å². The number of carbonyl (C=O) groups is 1. The Morgan fingerprint density at radius 3 is 2.38 bits per heavy atom. The highest BCUT2D eigenvalue weighted by molar-refractivity contribution is 6.05. The third-order valence-electron chi connectivity index (χ3n) is 3.28. The van der Waals surface area contributed by atoms with Gasteiger partial charge in [0.2, 0.25) is 0 Å². The molecule has 2 rings (SSSR count). The number of anilines is 2. The predicted molar refractivity (Wildman–Crippen MR) is 87.9 cm³/mol. The van der Waals surface area contributed by atoms with Gasteiger partial charge >= 0.3 is 0 Å². The maximum Gasteiger partial charge on any atom is 0.255 e. The molecule has 0 heterocycles. The number of para-hydroxylation sites is 2. The van der Waals surface area contributed by atoms with Crippen molar-refractivity contribution < 1.29 is 4.79 Å². The summed E-state index contributed by atoms with van der Waals surface area (Å²) in [5.41, 5.74) is 9.09. The van der Waals surface area contributed by atoms with Gasteiger partial charge in [-0.3, -0.25) is 4.79 Å². The first-order chi connectivity index (χ1) is 10.1. The summed E-state index contributed by atoms with van der Waals surface area (Å²) in [6.45, 7) is 0.613. The Morgan fingerprint density at radius 2 is 1.76 bits per heavy atom. The number of nitrogens with one attached hydrogen (secondary N) is 1. The Balaban J connectivity index is 2.14. The van der Waals surface area contributed by atoms with Gasteiger partial charge in [-0.2, -0.15) is 0 Å². The van der Waals surface area contributed by atoms with Crippen LogP contribution in [-0.2, 0) is 6.42 Å². The van der Waals surface area contributed by atoms with Crippen LogP contribution in [0.4, 0.5) is 11.4 Å². The Morgan fingerprint density at radius 1 is 1.10 bits per heavy atom. The second kappa shape index (κ2) is 6.90. The van der Waals surface area contributed by atoms with Crippen molar-refractivity contribution in [1.29, 1.82) is 0 Å². The summed E-state index contributed by atoms with van der Waals surface area (Å²) in [4.78, 5) is 14.3. The zero-order valence-electron chi connectivity index (χ0n) is 12.5. The SMILES string of the molecule is CN(C)c1ccccc1NC(=O)c1ccc(CCN)cc1. The van der Waals surface area contributed by atoms with Gasteiger partial charge in [0.25, 0.3) is 5.91 Å². The number of hydrogen-bond donors (Lipinski definition) is 2. The van der Waals surface area contributed by atoms with Gasteiger partial charge in [-0.25, -0.2) is 0 Å². The Hall–Kier alpha value is -2.33. The molecular formula is C17H21N3O. The van der Waals surface area contributed by atoms with Gasteiger partial charge in [0.05, 0.1) is 11.4 Å². The number of nitrogens with two attached hydrogens (primary N) is 1. The lowest BCUT2D eigenvalue weighted by Crippen LogP contribution is -2.16. The molecule has 2 aromatic rings. The van der Waals surface area contributed by atoms with Gasteiger partial charge in [-0.1, -0.05) is 24.3 Å². The monoisotopic (exact) mass is 283 g/mol. The maximum atomic E-state index is 12.3. The Kier molecular flexibility index (Phi) is 4.95. The van der Waals surface area contributed by atoms with Crippen LogP contribution < -0.4 is 16.0 Å². The van der Waals surface area contributed by atoms with Gasteiger partial charge in [-0.15, -0.1) is 0 Å². The first-order valence-corrected chi connectivity index (χ1v) is 6.98. The van der Waals surface area contributed by atoms with Crippen molar-refractivity contribution in [2.24, 2.45) is 5.73 Å². The van der Waals surface area contributed by atoms with Gasteiger partial charge in [0, 0.05) is 19.7 Å². The molecular weight excluding hydrogens is 262 g/mol. The third kappa shape index (κ3) is 3.83. The van der Waals surface area contributed by atoms with E-state index in [0.717, 1.165) is 23.4 Å². The number of nitrogens with zero attached hydrogens (tertiary/aromatic N) is 1. The van der Waals surface area contributed by atoms with Gasteiger partial charge < -0.3 is 16.0 Å². The molecule has 0 saturated heterocycles. The summed E-state index contributed by atoms with van der Waals surface area (Å²) >= 11 is 0. The van der Waals surface area contributed by atoms with E-state index in [1.165, 1.54) is 0 Å². The molecule has 0 aromatic heterocycles. The fourth-order valence-electron chi connectivity index (χ4n) is 2.15. The van der Waals surface area contributed by atoms with E-state index in [0.29, 0.717) is 12.1 Å². The zero-order chi connectivity index (χ0) is 15.2. The topological polar surface area (TPSA) is 58.4 Å². The molecule has 0 aliphatic heterocycles. The van der Waals surface area contributed by atoms with Crippen LogP contribution in [0.15, 0.2) is 48.5 Å². The second-order valence-electron chi connectivity index (χ2n) is 5.10. The van der Waals surface area contributed by atoms with Crippen LogP contribution in [-0.4, -0.2) is 26.5 Å². The van der Waals surface area contributed by atoms with Crippen LogP contribution in [0.1, 0.15) is 15.9 Å². The molecule has 110 valence electrons. The van der Waals surface area contributed by atoms with Crippen molar-refractivity contribution in [3.63, 3.8) is 0 Å². The molecule has 0 unspecified atom stereocenters. The minimum atomic E-state index is -0.108. The lowest BCUT2D eigenvalue weighted by Gasteiger charge is -2.17. The smallest absolute Gasteiger partial charge is 0.255 e.